The largest absolute Gasteiger partial charge is 0.491 e. The first-order valence-corrected chi connectivity index (χ1v) is 16.3. The molecule has 1 aliphatic heterocycles. The molecule has 0 aliphatic carbocycles. The van der Waals surface area contributed by atoms with Crippen molar-refractivity contribution < 1.29 is 28.5 Å². The van der Waals surface area contributed by atoms with Crippen molar-refractivity contribution in [2.45, 2.75) is 78.2 Å². The Labute approximate surface area is 270 Å². The fourth-order valence-electron chi connectivity index (χ4n) is 5.82. The van der Waals surface area contributed by atoms with Crippen molar-refractivity contribution >= 4 is 27.3 Å². The average Bonchev–Trinajstić information content (AvgIpc) is 3.66. The number of fused-ring (bicyclic) bond motifs is 1. The van der Waals surface area contributed by atoms with E-state index >= 15 is 0 Å². The van der Waals surface area contributed by atoms with Gasteiger partial charge in [-0.2, -0.15) is 5.10 Å². The molecule has 4 heterocycles. The summed E-state index contributed by atoms with van der Waals surface area (Å²) in [4.78, 5) is 42.8. The molecule has 0 spiro atoms. The van der Waals surface area contributed by atoms with Crippen molar-refractivity contribution in [3.63, 3.8) is 0 Å². The molecule has 46 heavy (non-hydrogen) atoms. The number of aliphatic hydroxyl groups excluding tert-OH is 1. The molecule has 0 saturated carbocycles. The molecule has 1 atom stereocenters. The van der Waals surface area contributed by atoms with Crippen LogP contribution in [-0.4, -0.2) is 62.3 Å². The lowest BCUT2D eigenvalue weighted by atomic mass is 9.91. The Morgan fingerprint density at radius 2 is 1.98 bits per heavy atom. The zero-order valence-corrected chi connectivity index (χ0v) is 27.6. The van der Waals surface area contributed by atoms with Gasteiger partial charge in [-0.05, 0) is 63.8 Å². The van der Waals surface area contributed by atoms with E-state index in [9.17, 15) is 23.9 Å². The first-order chi connectivity index (χ1) is 21.9. The number of benzene rings is 1. The molecule has 3 aromatic heterocycles. The number of carbonyl (C=O) groups excluding carboxylic acids is 1. The number of aromatic nitrogens is 4. The van der Waals surface area contributed by atoms with Crippen LogP contribution in [0.15, 0.2) is 46.2 Å². The molecule has 0 unspecified atom stereocenters. The molecule has 1 aromatic carbocycles. The summed E-state index contributed by atoms with van der Waals surface area (Å²) in [6.07, 6.45) is 3.61. The highest BCUT2D eigenvalue weighted by Crippen LogP contribution is 2.36. The standard InChI is InChI=1S/C33H41FN4O7S/c1-20(2)17-27(40)33(4,5)38-29(41)28-21(3)30(37-12-6-11-35-37)46-31(28)36(32(38)42)19-26(45-23-9-14-43-15-10-23)24-18-22(34)7-8-25(24)44-16-13-39/h6-8,11-12,18,20,23,26,39H,9-10,13-17,19H2,1-5H3/t26-/m0/s1. The number of hydrogen-bond acceptors (Lipinski definition) is 9. The molecule has 248 valence electrons. The molecule has 1 fully saturated rings. The molecule has 4 aromatic rings. The van der Waals surface area contributed by atoms with E-state index in [2.05, 4.69) is 5.10 Å². The highest BCUT2D eigenvalue weighted by atomic mass is 32.1. The maximum atomic E-state index is 14.8. The number of carbonyl (C=O) groups is 1. The van der Waals surface area contributed by atoms with E-state index in [1.54, 1.807) is 43.9 Å². The summed E-state index contributed by atoms with van der Waals surface area (Å²) in [5.74, 6) is -0.446. The highest BCUT2D eigenvalue weighted by molar-refractivity contribution is 7.21. The van der Waals surface area contributed by atoms with E-state index in [1.807, 2.05) is 13.8 Å². The molecule has 1 saturated heterocycles. The number of thiophene rings is 1. The smallest absolute Gasteiger partial charge is 0.333 e. The summed E-state index contributed by atoms with van der Waals surface area (Å²) in [6, 6.07) is 5.80. The first kappa shape index (κ1) is 33.7. The van der Waals surface area contributed by atoms with Gasteiger partial charge in [-0.15, -0.1) is 0 Å². The third-order valence-electron chi connectivity index (χ3n) is 8.28. The molecular weight excluding hydrogens is 615 g/mol. The molecule has 1 N–H and O–H groups in total. The molecule has 0 radical (unpaired) electrons. The van der Waals surface area contributed by atoms with Crippen molar-refractivity contribution in [2.75, 3.05) is 26.4 Å². The van der Waals surface area contributed by atoms with Gasteiger partial charge in [-0.25, -0.2) is 18.4 Å². The molecule has 11 nitrogen and oxygen atoms in total. The van der Waals surface area contributed by atoms with E-state index < -0.39 is 28.7 Å². The Hall–Kier alpha value is -3.65. The zero-order valence-electron chi connectivity index (χ0n) is 26.8. The third kappa shape index (κ3) is 6.73. The fourth-order valence-corrected chi connectivity index (χ4v) is 7.07. The fraction of sp³-hybridized carbons (Fsp3) is 0.515. The maximum absolute atomic E-state index is 14.8. The molecule has 0 bridgehead atoms. The minimum absolute atomic E-state index is 0.0188. The van der Waals surface area contributed by atoms with Gasteiger partial charge in [0.1, 0.15) is 39.6 Å². The number of Topliss-reactive ketones (excluding diaryl/α,β-unsaturated/α-hetero) is 1. The Balaban J connectivity index is 1.76. The van der Waals surface area contributed by atoms with Crippen LogP contribution >= 0.6 is 11.3 Å². The Kier molecular flexibility index (Phi) is 10.3. The minimum Gasteiger partial charge on any atom is -0.491 e. The number of nitrogens with zero attached hydrogens (tertiary/aromatic N) is 4. The number of aliphatic hydroxyl groups is 1. The van der Waals surface area contributed by atoms with Gasteiger partial charge in [0.05, 0.1) is 24.6 Å². The van der Waals surface area contributed by atoms with Crippen LogP contribution < -0.4 is 16.0 Å². The van der Waals surface area contributed by atoms with E-state index in [0.717, 1.165) is 4.57 Å². The first-order valence-electron chi connectivity index (χ1n) is 15.5. The number of ketones is 1. The molecular formula is C33H41FN4O7S. The van der Waals surface area contributed by atoms with E-state index in [-0.39, 0.29) is 44.0 Å². The number of hydrogen-bond donors (Lipinski definition) is 1. The summed E-state index contributed by atoms with van der Waals surface area (Å²) in [5.41, 5.74) is -1.73. The van der Waals surface area contributed by atoms with Gasteiger partial charge in [-0.3, -0.25) is 14.2 Å². The monoisotopic (exact) mass is 656 g/mol. The van der Waals surface area contributed by atoms with Gasteiger partial charge >= 0.3 is 5.69 Å². The second-order valence-corrected chi connectivity index (χ2v) is 13.4. The second-order valence-electron chi connectivity index (χ2n) is 12.5. The highest BCUT2D eigenvalue weighted by Gasteiger charge is 2.36. The summed E-state index contributed by atoms with van der Waals surface area (Å²) in [5, 5.41) is 14.7. The molecule has 5 rings (SSSR count). The van der Waals surface area contributed by atoms with Crippen LogP contribution in [0.3, 0.4) is 0 Å². The number of ether oxygens (including phenoxy) is 3. The predicted octanol–water partition coefficient (Wildman–Crippen LogP) is 4.52. The van der Waals surface area contributed by atoms with Gasteiger partial charge in [0.2, 0.25) is 0 Å². The van der Waals surface area contributed by atoms with E-state index in [0.29, 0.717) is 58.1 Å². The topological polar surface area (TPSA) is 127 Å². The van der Waals surface area contributed by atoms with Crippen LogP contribution in [0.5, 0.6) is 5.75 Å². The van der Waals surface area contributed by atoms with Gasteiger partial charge in [-0.1, -0.05) is 25.2 Å². The summed E-state index contributed by atoms with van der Waals surface area (Å²) in [7, 11) is 0. The van der Waals surface area contributed by atoms with Gasteiger partial charge in [0.25, 0.3) is 5.56 Å². The van der Waals surface area contributed by atoms with Gasteiger partial charge in [0.15, 0.2) is 5.78 Å². The van der Waals surface area contributed by atoms with Crippen molar-refractivity contribution in [3.05, 3.63) is 74.4 Å². The van der Waals surface area contributed by atoms with Crippen LogP contribution in [0.1, 0.15) is 64.2 Å². The Morgan fingerprint density at radius 3 is 2.63 bits per heavy atom. The number of halogens is 1. The number of aryl methyl sites for hydroxylation is 1. The number of rotatable bonds is 13. The lowest BCUT2D eigenvalue weighted by Gasteiger charge is -2.31. The second kappa shape index (κ2) is 14.0. The average molecular weight is 657 g/mol. The molecule has 13 heteroatoms. The Bertz CT molecular complexity index is 1800. The van der Waals surface area contributed by atoms with Crippen LogP contribution in [-0.2, 0) is 26.4 Å². The lowest BCUT2D eigenvalue weighted by molar-refractivity contribution is -0.127. The SMILES string of the molecule is Cc1c(-n2cccn2)sc2c1c(=O)n(C(C)(C)C(=O)CC(C)C)c(=O)n2C[C@H](OC1CCOCC1)c1cc(F)ccc1OCCO. The Morgan fingerprint density at radius 1 is 1.24 bits per heavy atom. The summed E-state index contributed by atoms with van der Waals surface area (Å²) < 4.78 is 36.9. The van der Waals surface area contributed by atoms with E-state index in [1.165, 1.54) is 34.1 Å². The normalized spacial score (nSPS) is 15.1. The third-order valence-corrected chi connectivity index (χ3v) is 9.58. The molecule has 0 amide bonds. The lowest BCUT2D eigenvalue weighted by Crippen LogP contribution is -2.53. The van der Waals surface area contributed by atoms with Crippen molar-refractivity contribution in [2.24, 2.45) is 5.92 Å². The van der Waals surface area contributed by atoms with Crippen LogP contribution in [0, 0.1) is 18.7 Å². The van der Waals surface area contributed by atoms with Gasteiger partial charge in [0, 0.05) is 43.2 Å². The van der Waals surface area contributed by atoms with E-state index in [4.69, 9.17) is 14.2 Å². The maximum Gasteiger partial charge on any atom is 0.333 e. The van der Waals surface area contributed by atoms with Gasteiger partial charge < -0.3 is 19.3 Å². The van der Waals surface area contributed by atoms with Crippen LogP contribution in [0.2, 0.25) is 0 Å². The summed E-state index contributed by atoms with van der Waals surface area (Å²) in [6.45, 7) is 9.39. The quantitative estimate of drug-likeness (QED) is 0.223. The van der Waals surface area contributed by atoms with Crippen molar-refractivity contribution in [3.8, 4) is 10.8 Å². The van der Waals surface area contributed by atoms with Crippen LogP contribution in [0.4, 0.5) is 4.39 Å². The molecule has 1 aliphatic rings. The van der Waals surface area contributed by atoms with Crippen LogP contribution in [0.25, 0.3) is 15.2 Å². The zero-order chi connectivity index (χ0) is 33.2. The summed E-state index contributed by atoms with van der Waals surface area (Å²) >= 11 is 1.23. The van der Waals surface area contributed by atoms with Crippen molar-refractivity contribution in [1.29, 1.82) is 0 Å². The van der Waals surface area contributed by atoms with Crippen molar-refractivity contribution in [1.82, 2.24) is 18.9 Å². The minimum atomic E-state index is -1.46. The predicted molar refractivity (Wildman–Crippen MR) is 173 cm³/mol.